The molecule has 5 heteroatoms. The lowest BCUT2D eigenvalue weighted by Gasteiger charge is -2.09. The van der Waals surface area contributed by atoms with Gasteiger partial charge in [-0.1, -0.05) is 6.92 Å². The highest BCUT2D eigenvalue weighted by molar-refractivity contribution is 7.80. The Kier molecular flexibility index (Phi) is 5.64. The zero-order valence-corrected chi connectivity index (χ0v) is 10.6. The van der Waals surface area contributed by atoms with Crippen LogP contribution in [0.4, 0.5) is 11.4 Å². The van der Waals surface area contributed by atoms with Gasteiger partial charge in [-0.05, 0) is 55.1 Å². The van der Waals surface area contributed by atoms with Crippen LogP contribution in [-0.4, -0.2) is 16.8 Å². The molecule has 0 aliphatic heterocycles. The van der Waals surface area contributed by atoms with E-state index in [1.165, 1.54) is 0 Å². The Balaban J connectivity index is 2.54. The summed E-state index contributed by atoms with van der Waals surface area (Å²) in [5.74, 6) is 0. The molecule has 2 N–H and O–H groups in total. The maximum absolute atomic E-state index is 5.11. The first-order chi connectivity index (χ1) is 7.76. The number of benzene rings is 1. The van der Waals surface area contributed by atoms with Gasteiger partial charge in [0, 0.05) is 12.2 Å². The minimum Gasteiger partial charge on any atom is -0.362 e. The Bertz CT molecular complexity index is 394. The Morgan fingerprint density at radius 2 is 2.06 bits per heavy atom. The molecule has 0 atom stereocenters. The van der Waals surface area contributed by atoms with E-state index in [0.29, 0.717) is 5.11 Å². The third-order valence-electron chi connectivity index (χ3n) is 1.84. The fraction of sp³-hybridized carbons (Fsp3) is 0.273. The lowest BCUT2D eigenvalue weighted by Crippen LogP contribution is -2.28. The molecule has 0 aliphatic rings. The zero-order valence-electron chi connectivity index (χ0n) is 8.99. The molecule has 0 fully saturated rings. The number of nitrogens with zero attached hydrogens (tertiary/aromatic N) is 1. The molecular weight excluding hydrogens is 238 g/mol. The van der Waals surface area contributed by atoms with E-state index >= 15 is 0 Å². The Hall–Kier alpha value is -1.29. The van der Waals surface area contributed by atoms with E-state index in [4.69, 9.17) is 12.2 Å². The van der Waals surface area contributed by atoms with Gasteiger partial charge in [0.05, 0.1) is 10.8 Å². The van der Waals surface area contributed by atoms with Gasteiger partial charge in [0.25, 0.3) is 0 Å². The first-order valence-corrected chi connectivity index (χ1v) is 5.80. The van der Waals surface area contributed by atoms with Crippen molar-refractivity contribution in [1.82, 2.24) is 5.32 Å². The average molecular weight is 251 g/mol. The lowest BCUT2D eigenvalue weighted by molar-refractivity contribution is 0.846. The largest absolute Gasteiger partial charge is 0.362 e. The molecule has 0 saturated carbocycles. The van der Waals surface area contributed by atoms with E-state index in [9.17, 15) is 0 Å². The number of thiocarbonyl (C=S) groups is 2. The van der Waals surface area contributed by atoms with Crippen molar-refractivity contribution in [3.63, 3.8) is 0 Å². The van der Waals surface area contributed by atoms with Gasteiger partial charge >= 0.3 is 0 Å². The minimum atomic E-state index is 0.632. The molecule has 0 bridgehead atoms. The van der Waals surface area contributed by atoms with Crippen LogP contribution < -0.4 is 10.6 Å². The van der Waals surface area contributed by atoms with Crippen LogP contribution in [0.5, 0.6) is 0 Å². The van der Waals surface area contributed by atoms with Gasteiger partial charge in [0.1, 0.15) is 0 Å². The molecule has 0 spiro atoms. The van der Waals surface area contributed by atoms with Gasteiger partial charge in [-0.25, -0.2) is 0 Å². The summed E-state index contributed by atoms with van der Waals surface area (Å²) in [7, 11) is 0. The van der Waals surface area contributed by atoms with Crippen LogP contribution in [0.25, 0.3) is 0 Å². The number of nitrogens with one attached hydrogen (secondary N) is 2. The highest BCUT2D eigenvalue weighted by atomic mass is 32.1. The van der Waals surface area contributed by atoms with Gasteiger partial charge in [-0.3, -0.25) is 0 Å². The van der Waals surface area contributed by atoms with Gasteiger partial charge < -0.3 is 10.6 Å². The molecule has 0 aliphatic carbocycles. The van der Waals surface area contributed by atoms with Crippen LogP contribution in [0.1, 0.15) is 13.3 Å². The summed E-state index contributed by atoms with van der Waals surface area (Å²) in [5, 5.41) is 9.12. The fourth-order valence-corrected chi connectivity index (χ4v) is 1.41. The summed E-state index contributed by atoms with van der Waals surface area (Å²) >= 11 is 9.63. The second kappa shape index (κ2) is 7.06. The normalized spacial score (nSPS) is 9.06. The highest BCUT2D eigenvalue weighted by Gasteiger charge is 1.96. The first kappa shape index (κ1) is 12.8. The Morgan fingerprint density at radius 3 is 2.62 bits per heavy atom. The lowest BCUT2D eigenvalue weighted by atomic mass is 10.3. The summed E-state index contributed by atoms with van der Waals surface area (Å²) in [5.41, 5.74) is 1.71. The van der Waals surface area contributed by atoms with Crippen LogP contribution in [0.2, 0.25) is 0 Å². The zero-order chi connectivity index (χ0) is 11.8. The maximum atomic E-state index is 5.11. The Labute approximate surface area is 106 Å². The molecule has 0 radical (unpaired) electrons. The number of hydrogen-bond acceptors (Lipinski definition) is 3. The molecule has 0 unspecified atom stereocenters. The summed E-state index contributed by atoms with van der Waals surface area (Å²) in [4.78, 5) is 3.87. The van der Waals surface area contributed by atoms with E-state index in [2.05, 4.69) is 39.9 Å². The topological polar surface area (TPSA) is 36.4 Å². The number of isothiocyanates is 1. The summed E-state index contributed by atoms with van der Waals surface area (Å²) in [6.07, 6.45) is 1.05. The van der Waals surface area contributed by atoms with Gasteiger partial charge in [0.2, 0.25) is 0 Å². The second-order valence-electron chi connectivity index (χ2n) is 3.13. The number of anilines is 1. The molecule has 0 aromatic heterocycles. The minimum absolute atomic E-state index is 0.632. The van der Waals surface area contributed by atoms with E-state index in [1.54, 1.807) is 0 Å². The molecule has 0 saturated heterocycles. The molecule has 3 nitrogen and oxygen atoms in total. The molecule has 0 heterocycles. The molecule has 1 aromatic carbocycles. The standard InChI is InChI=1S/C11H13N3S2/c1-2-7-12-11(16)14-10-5-3-9(4-6-10)13-8-15/h3-6H,2,7H2,1H3,(H2,12,14,16). The van der Waals surface area contributed by atoms with E-state index in [1.807, 2.05) is 24.3 Å². The summed E-state index contributed by atoms with van der Waals surface area (Å²) in [6.45, 7) is 2.97. The summed E-state index contributed by atoms with van der Waals surface area (Å²) in [6, 6.07) is 7.49. The van der Waals surface area contributed by atoms with Gasteiger partial charge in [-0.15, -0.1) is 0 Å². The third-order valence-corrected chi connectivity index (χ3v) is 2.17. The molecule has 1 aromatic rings. The van der Waals surface area contributed by atoms with Crippen molar-refractivity contribution in [2.45, 2.75) is 13.3 Å². The van der Waals surface area contributed by atoms with Crippen molar-refractivity contribution < 1.29 is 0 Å². The molecule has 84 valence electrons. The quantitative estimate of drug-likeness (QED) is 0.637. The molecule has 16 heavy (non-hydrogen) atoms. The molecule has 0 amide bonds. The van der Waals surface area contributed by atoms with Gasteiger partial charge in [-0.2, -0.15) is 4.99 Å². The van der Waals surface area contributed by atoms with Crippen LogP contribution in [0, 0.1) is 0 Å². The van der Waals surface area contributed by atoms with Crippen LogP contribution in [0.15, 0.2) is 29.3 Å². The van der Waals surface area contributed by atoms with Crippen molar-refractivity contribution in [2.24, 2.45) is 4.99 Å². The van der Waals surface area contributed by atoms with E-state index < -0.39 is 0 Å². The highest BCUT2D eigenvalue weighted by Crippen LogP contribution is 2.15. The first-order valence-electron chi connectivity index (χ1n) is 4.99. The van der Waals surface area contributed by atoms with Crippen molar-refractivity contribution in [1.29, 1.82) is 0 Å². The number of hydrogen-bond donors (Lipinski definition) is 2. The maximum Gasteiger partial charge on any atom is 0.170 e. The van der Waals surface area contributed by atoms with Crippen molar-refractivity contribution in [3.8, 4) is 0 Å². The molecule has 1 rings (SSSR count). The monoisotopic (exact) mass is 251 g/mol. The predicted molar refractivity (Wildman–Crippen MR) is 75.6 cm³/mol. The van der Waals surface area contributed by atoms with Crippen LogP contribution in [0.3, 0.4) is 0 Å². The van der Waals surface area contributed by atoms with E-state index in [0.717, 1.165) is 24.3 Å². The third kappa shape index (κ3) is 4.49. The SMILES string of the molecule is CCCNC(=S)Nc1ccc(N=C=S)cc1. The van der Waals surface area contributed by atoms with Crippen molar-refractivity contribution >= 4 is 46.1 Å². The van der Waals surface area contributed by atoms with E-state index in [-0.39, 0.29) is 0 Å². The number of aliphatic imine (C=N–C) groups is 1. The fourth-order valence-electron chi connectivity index (χ4n) is 1.09. The smallest absolute Gasteiger partial charge is 0.170 e. The van der Waals surface area contributed by atoms with Crippen molar-refractivity contribution in [3.05, 3.63) is 24.3 Å². The Morgan fingerprint density at radius 1 is 1.38 bits per heavy atom. The van der Waals surface area contributed by atoms with Crippen LogP contribution in [-0.2, 0) is 0 Å². The average Bonchev–Trinajstić information content (AvgIpc) is 2.29. The second-order valence-corrected chi connectivity index (χ2v) is 3.72. The predicted octanol–water partition coefficient (Wildman–Crippen LogP) is 3.12. The molecular formula is C11H13N3S2. The summed E-state index contributed by atoms with van der Waals surface area (Å²) < 4.78 is 0. The van der Waals surface area contributed by atoms with Crippen molar-refractivity contribution in [2.75, 3.05) is 11.9 Å². The van der Waals surface area contributed by atoms with Crippen LogP contribution >= 0.6 is 24.4 Å². The van der Waals surface area contributed by atoms with Gasteiger partial charge in [0.15, 0.2) is 5.11 Å². The number of rotatable bonds is 4.